The highest BCUT2D eigenvalue weighted by Gasteiger charge is 2.27. The zero-order chi connectivity index (χ0) is 37.8. The minimum Gasteiger partial charge on any atom is -0.374 e. The summed E-state index contributed by atoms with van der Waals surface area (Å²) in [6, 6.07) is 18.8. The maximum atomic E-state index is 12.7. The predicted octanol–water partition coefficient (Wildman–Crippen LogP) is 6.34. The number of carbonyl (C=O) groups is 3. The molecule has 282 valence electrons. The number of hydrogen-bond donors (Lipinski definition) is 3. The zero-order valence-electron chi connectivity index (χ0n) is 31.7. The second kappa shape index (κ2) is 15.9. The molecular formula is C42H50N8O4. The average molecular weight is 731 g/mol. The smallest absolute Gasteiger partial charge is 0.292 e. The highest BCUT2D eigenvalue weighted by molar-refractivity contribution is 6.01. The van der Waals surface area contributed by atoms with Gasteiger partial charge in [-0.25, -0.2) is 4.52 Å². The Morgan fingerprint density at radius 2 is 1.80 bits per heavy atom. The van der Waals surface area contributed by atoms with Crippen LogP contribution >= 0.6 is 0 Å². The van der Waals surface area contributed by atoms with E-state index in [1.165, 1.54) is 11.1 Å². The molecule has 2 aliphatic rings. The van der Waals surface area contributed by atoms with Gasteiger partial charge < -0.3 is 20.1 Å². The molecular weight excluding hydrogens is 681 g/mol. The lowest BCUT2D eigenvalue weighted by Gasteiger charge is -2.32. The number of imide groups is 1. The molecule has 5 heterocycles. The van der Waals surface area contributed by atoms with Crippen molar-refractivity contribution in [2.45, 2.75) is 96.6 Å². The zero-order valence-corrected chi connectivity index (χ0v) is 31.7. The molecule has 0 bridgehead atoms. The summed E-state index contributed by atoms with van der Waals surface area (Å²) in [5, 5.41) is 17.1. The lowest BCUT2D eigenvalue weighted by atomic mass is 9.89. The van der Waals surface area contributed by atoms with Crippen LogP contribution in [0.5, 0.6) is 0 Å². The Kier molecular flexibility index (Phi) is 10.9. The van der Waals surface area contributed by atoms with Crippen LogP contribution in [0, 0.1) is 6.92 Å². The molecule has 5 aromatic rings. The average Bonchev–Trinajstić information content (AvgIpc) is 3.83. The van der Waals surface area contributed by atoms with Gasteiger partial charge in [0.1, 0.15) is 6.04 Å². The van der Waals surface area contributed by atoms with E-state index in [2.05, 4.69) is 104 Å². The number of likely N-dealkylation sites (tertiary alicyclic amines) is 1. The quantitative estimate of drug-likeness (QED) is 0.0989. The molecule has 54 heavy (non-hydrogen) atoms. The Hall–Kier alpha value is -5.36. The molecule has 3 N–H and O–H groups in total. The fourth-order valence-electron chi connectivity index (χ4n) is 7.42. The molecule has 7 rings (SSSR count). The first-order valence-electron chi connectivity index (χ1n) is 19.1. The predicted molar refractivity (Wildman–Crippen MR) is 207 cm³/mol. The molecule has 1 atom stereocenters. The van der Waals surface area contributed by atoms with Gasteiger partial charge in [-0.15, -0.1) is 0 Å². The minimum absolute atomic E-state index is 0.0428. The van der Waals surface area contributed by atoms with Crippen LogP contribution in [0.4, 0.5) is 5.69 Å². The van der Waals surface area contributed by atoms with Crippen LogP contribution in [0.15, 0.2) is 71.5 Å². The number of aromatic nitrogens is 4. The van der Waals surface area contributed by atoms with E-state index in [1.807, 2.05) is 31.5 Å². The standard InChI is InChI=1S/C42H50N8O4/c1-27-23-31(8-9-32(27)25-43-40(53)38-47-41(54-48-38)42(2,3)4)34-16-19-44-50-26-28(24-36(34)50)7-5-6-20-49-21-17-30(18-22-49)29-10-12-33(13-11-29)45-35-14-15-37(51)46-39(35)52/h8-13,16,19,23-24,26,30,35,45H,5-7,14-15,17-18,20-22,25H2,1-4H3,(H,43,53)(H,46,51,52). The lowest BCUT2D eigenvalue weighted by Crippen LogP contribution is -2.47. The minimum atomic E-state index is -0.362. The van der Waals surface area contributed by atoms with Crippen molar-refractivity contribution >= 4 is 28.9 Å². The van der Waals surface area contributed by atoms with Gasteiger partial charge in [0.15, 0.2) is 0 Å². The van der Waals surface area contributed by atoms with E-state index in [0.29, 0.717) is 31.2 Å². The summed E-state index contributed by atoms with van der Waals surface area (Å²) in [5.74, 6) is 0.220. The summed E-state index contributed by atoms with van der Waals surface area (Å²) in [6.07, 6.45) is 10.5. The number of aryl methyl sites for hydroxylation is 2. The molecule has 2 saturated heterocycles. The number of hydrogen-bond acceptors (Lipinski definition) is 9. The van der Waals surface area contributed by atoms with E-state index in [0.717, 1.165) is 85.2 Å². The van der Waals surface area contributed by atoms with E-state index in [-0.39, 0.29) is 35.0 Å². The van der Waals surface area contributed by atoms with Gasteiger partial charge in [-0.3, -0.25) is 19.7 Å². The SMILES string of the molecule is Cc1cc(-c2ccnn3cc(CCCCN4CCC(c5ccc(NC6CCC(=O)NC6=O)cc5)CC4)cc23)ccc1CNC(=O)c1noc(C(C)(C)C)n1. The first kappa shape index (κ1) is 37.0. The molecule has 0 aliphatic carbocycles. The van der Waals surface area contributed by atoms with Crippen molar-refractivity contribution in [1.29, 1.82) is 0 Å². The molecule has 12 nitrogen and oxygen atoms in total. The van der Waals surface area contributed by atoms with Crippen molar-refractivity contribution in [2.24, 2.45) is 0 Å². The number of nitrogens with zero attached hydrogens (tertiary/aromatic N) is 5. The number of carbonyl (C=O) groups excluding carboxylic acids is 3. The molecule has 12 heteroatoms. The van der Waals surface area contributed by atoms with Crippen LogP contribution in [0.2, 0.25) is 0 Å². The number of nitrogens with one attached hydrogen (secondary N) is 3. The van der Waals surface area contributed by atoms with Crippen LogP contribution in [0.25, 0.3) is 16.6 Å². The van der Waals surface area contributed by atoms with Crippen molar-refractivity contribution in [1.82, 2.24) is 35.3 Å². The third kappa shape index (κ3) is 8.71. The summed E-state index contributed by atoms with van der Waals surface area (Å²) in [5.41, 5.74) is 8.65. The molecule has 2 fully saturated rings. The highest BCUT2D eigenvalue weighted by atomic mass is 16.5. The van der Waals surface area contributed by atoms with Crippen LogP contribution in [-0.2, 0) is 28.0 Å². The van der Waals surface area contributed by atoms with E-state index < -0.39 is 0 Å². The number of unbranched alkanes of at least 4 members (excludes halogenated alkanes) is 1. The van der Waals surface area contributed by atoms with Crippen molar-refractivity contribution in [3.8, 4) is 11.1 Å². The molecule has 0 spiro atoms. The fraction of sp³-hybridized carbons (Fsp3) is 0.429. The third-order valence-corrected chi connectivity index (χ3v) is 10.7. The molecule has 2 aliphatic heterocycles. The van der Waals surface area contributed by atoms with Crippen LogP contribution < -0.4 is 16.0 Å². The summed E-state index contributed by atoms with van der Waals surface area (Å²) in [6.45, 7) is 11.6. The number of fused-ring (bicyclic) bond motifs is 1. The van der Waals surface area contributed by atoms with Crippen molar-refractivity contribution < 1.29 is 18.9 Å². The van der Waals surface area contributed by atoms with Crippen LogP contribution in [0.3, 0.4) is 0 Å². The summed E-state index contributed by atoms with van der Waals surface area (Å²) >= 11 is 0. The number of rotatable bonds is 12. The Morgan fingerprint density at radius 3 is 2.52 bits per heavy atom. The second-order valence-corrected chi connectivity index (χ2v) is 15.8. The first-order chi connectivity index (χ1) is 26.0. The van der Waals surface area contributed by atoms with Gasteiger partial charge in [-0.1, -0.05) is 56.3 Å². The molecule has 0 saturated carbocycles. The maximum absolute atomic E-state index is 12.7. The largest absolute Gasteiger partial charge is 0.374 e. The molecule has 3 amide bonds. The monoisotopic (exact) mass is 730 g/mol. The molecule has 3 aromatic heterocycles. The van der Waals surface area contributed by atoms with E-state index >= 15 is 0 Å². The fourth-order valence-corrected chi connectivity index (χ4v) is 7.42. The summed E-state index contributed by atoms with van der Waals surface area (Å²) < 4.78 is 7.25. The topological polar surface area (TPSA) is 147 Å². The van der Waals surface area contributed by atoms with Crippen LogP contribution in [-0.4, -0.2) is 68.1 Å². The summed E-state index contributed by atoms with van der Waals surface area (Å²) in [7, 11) is 0. The molecule has 2 aromatic carbocycles. The molecule has 1 unspecified atom stereocenters. The van der Waals surface area contributed by atoms with Crippen LogP contribution in [0.1, 0.15) is 104 Å². The van der Waals surface area contributed by atoms with Gasteiger partial charge in [0.2, 0.25) is 17.7 Å². The third-order valence-electron chi connectivity index (χ3n) is 10.7. The summed E-state index contributed by atoms with van der Waals surface area (Å²) in [4.78, 5) is 43.1. The Labute approximate surface area is 316 Å². The van der Waals surface area contributed by atoms with Gasteiger partial charge in [0.05, 0.1) is 5.52 Å². The van der Waals surface area contributed by atoms with Crippen molar-refractivity contribution in [3.05, 3.63) is 101 Å². The van der Waals surface area contributed by atoms with Gasteiger partial charge in [-0.05, 0) is 123 Å². The lowest BCUT2D eigenvalue weighted by molar-refractivity contribution is -0.133. The normalized spacial score (nSPS) is 17.1. The number of anilines is 1. The van der Waals surface area contributed by atoms with E-state index in [4.69, 9.17) is 4.52 Å². The van der Waals surface area contributed by atoms with E-state index in [9.17, 15) is 14.4 Å². The van der Waals surface area contributed by atoms with Crippen molar-refractivity contribution in [3.63, 3.8) is 0 Å². The first-order valence-corrected chi connectivity index (χ1v) is 19.1. The molecule has 0 radical (unpaired) electrons. The Morgan fingerprint density at radius 1 is 1.00 bits per heavy atom. The second-order valence-electron chi connectivity index (χ2n) is 15.8. The van der Waals surface area contributed by atoms with E-state index in [1.54, 1.807) is 0 Å². The maximum Gasteiger partial charge on any atom is 0.292 e. The number of amides is 3. The number of piperidine rings is 2. The highest BCUT2D eigenvalue weighted by Crippen LogP contribution is 2.31. The van der Waals surface area contributed by atoms with Gasteiger partial charge in [0, 0.05) is 42.0 Å². The Balaban J connectivity index is 0.864. The van der Waals surface area contributed by atoms with Gasteiger partial charge in [0.25, 0.3) is 11.7 Å². The number of benzene rings is 2. The van der Waals surface area contributed by atoms with Gasteiger partial charge in [-0.2, -0.15) is 10.1 Å². The van der Waals surface area contributed by atoms with Gasteiger partial charge >= 0.3 is 0 Å². The van der Waals surface area contributed by atoms with Crippen molar-refractivity contribution in [2.75, 3.05) is 25.0 Å². The Bertz CT molecular complexity index is 2120.